The van der Waals surface area contributed by atoms with Crippen molar-refractivity contribution in [3.63, 3.8) is 0 Å². The number of carbonyl (C=O) groups is 1. The van der Waals surface area contributed by atoms with E-state index in [2.05, 4.69) is 5.32 Å². The Bertz CT molecular complexity index is 993. The van der Waals surface area contributed by atoms with Crippen molar-refractivity contribution in [2.24, 2.45) is 0 Å². The number of hydrogen-bond donors (Lipinski definition) is 1. The molecular formula is C22H21F3N2O3S. The number of allylic oxidation sites excluding steroid dienone is 1. The Kier molecular flexibility index (Phi) is 6.97. The zero-order valence-electron chi connectivity index (χ0n) is 16.9. The molecule has 164 valence electrons. The minimum Gasteiger partial charge on any atom is -0.460 e. The monoisotopic (exact) mass is 450 g/mol. The summed E-state index contributed by atoms with van der Waals surface area (Å²) in [5.74, 6) is -0.743. The standard InChI is InChI=1S/C22H21F3N2O3S/c1-14-18(20(28)30-13-12-29-2)19(16-10-6-7-11-17(16)22(23,24)25)26-21(31)27(14)15-8-4-3-5-9-15/h3-11,19H,12-13H2,1-2H3,(H,26,31)/t19-/m1/s1. The normalized spacial score (nSPS) is 16.9. The number of thiocarbonyl (C=S) groups is 1. The van der Waals surface area contributed by atoms with Gasteiger partial charge in [-0.25, -0.2) is 4.79 Å². The zero-order valence-corrected chi connectivity index (χ0v) is 17.7. The van der Waals surface area contributed by atoms with Crippen LogP contribution in [0.1, 0.15) is 24.1 Å². The number of halogens is 3. The third kappa shape index (κ3) is 4.88. The number of anilines is 1. The molecule has 5 nitrogen and oxygen atoms in total. The van der Waals surface area contributed by atoms with E-state index >= 15 is 0 Å². The van der Waals surface area contributed by atoms with Gasteiger partial charge in [0.1, 0.15) is 6.61 Å². The average molecular weight is 450 g/mol. The summed E-state index contributed by atoms with van der Waals surface area (Å²) in [4.78, 5) is 14.6. The fraction of sp³-hybridized carbons (Fsp3) is 0.273. The Morgan fingerprint density at radius 3 is 2.39 bits per heavy atom. The van der Waals surface area contributed by atoms with E-state index in [-0.39, 0.29) is 29.5 Å². The lowest BCUT2D eigenvalue weighted by atomic mass is 9.91. The second-order valence-electron chi connectivity index (χ2n) is 6.77. The van der Waals surface area contributed by atoms with Gasteiger partial charge < -0.3 is 14.8 Å². The summed E-state index contributed by atoms with van der Waals surface area (Å²) >= 11 is 5.47. The molecule has 2 aromatic carbocycles. The number of methoxy groups -OCH3 is 1. The van der Waals surface area contributed by atoms with Crippen LogP contribution in [0.15, 0.2) is 65.9 Å². The number of benzene rings is 2. The topological polar surface area (TPSA) is 50.8 Å². The van der Waals surface area contributed by atoms with Crippen LogP contribution in [0.4, 0.5) is 18.9 Å². The van der Waals surface area contributed by atoms with Crippen molar-refractivity contribution < 1.29 is 27.4 Å². The second-order valence-corrected chi connectivity index (χ2v) is 7.15. The summed E-state index contributed by atoms with van der Waals surface area (Å²) in [5.41, 5.74) is 0.147. The summed E-state index contributed by atoms with van der Waals surface area (Å²) in [7, 11) is 1.46. The van der Waals surface area contributed by atoms with E-state index in [0.29, 0.717) is 11.4 Å². The second kappa shape index (κ2) is 9.49. The van der Waals surface area contributed by atoms with Gasteiger partial charge in [0.15, 0.2) is 5.11 Å². The van der Waals surface area contributed by atoms with E-state index in [0.717, 1.165) is 6.07 Å². The third-order valence-electron chi connectivity index (χ3n) is 4.82. The molecule has 9 heteroatoms. The van der Waals surface area contributed by atoms with Crippen LogP contribution in [-0.2, 0) is 20.4 Å². The van der Waals surface area contributed by atoms with E-state index in [1.807, 2.05) is 6.07 Å². The van der Waals surface area contributed by atoms with Crippen molar-refractivity contribution in [1.82, 2.24) is 5.32 Å². The fourth-order valence-corrected chi connectivity index (χ4v) is 3.79. The molecule has 0 saturated carbocycles. The Morgan fingerprint density at radius 2 is 1.74 bits per heavy atom. The number of esters is 1. The quantitative estimate of drug-likeness (QED) is 0.394. The molecule has 0 aromatic heterocycles. The summed E-state index contributed by atoms with van der Waals surface area (Å²) < 4.78 is 51.3. The first kappa shape index (κ1) is 22.8. The average Bonchev–Trinajstić information content (AvgIpc) is 2.73. The van der Waals surface area contributed by atoms with Gasteiger partial charge in [-0.15, -0.1) is 0 Å². The minimum atomic E-state index is -4.60. The van der Waals surface area contributed by atoms with Crippen molar-refractivity contribution in [3.8, 4) is 0 Å². The van der Waals surface area contributed by atoms with E-state index in [1.165, 1.54) is 25.3 Å². The van der Waals surface area contributed by atoms with Crippen LogP contribution in [-0.4, -0.2) is 31.4 Å². The summed E-state index contributed by atoms with van der Waals surface area (Å²) in [6.45, 7) is 1.77. The predicted molar refractivity (Wildman–Crippen MR) is 114 cm³/mol. The first-order valence-electron chi connectivity index (χ1n) is 9.44. The summed E-state index contributed by atoms with van der Waals surface area (Å²) in [6, 6.07) is 13.0. The number of nitrogens with one attached hydrogen (secondary N) is 1. The molecule has 0 bridgehead atoms. The molecule has 1 N–H and O–H groups in total. The molecule has 0 aliphatic carbocycles. The van der Waals surface area contributed by atoms with Gasteiger partial charge in [-0.3, -0.25) is 4.90 Å². The van der Waals surface area contributed by atoms with Gasteiger partial charge in [-0.2, -0.15) is 13.2 Å². The fourth-order valence-electron chi connectivity index (χ4n) is 3.43. The van der Waals surface area contributed by atoms with Crippen molar-refractivity contribution >= 4 is 29.0 Å². The molecule has 1 aliphatic rings. The Labute approximate surface area is 183 Å². The molecule has 31 heavy (non-hydrogen) atoms. The number of carbonyl (C=O) groups excluding carboxylic acids is 1. The van der Waals surface area contributed by atoms with E-state index < -0.39 is 23.8 Å². The first-order chi connectivity index (χ1) is 14.8. The smallest absolute Gasteiger partial charge is 0.416 e. The third-order valence-corrected chi connectivity index (χ3v) is 5.12. The van der Waals surface area contributed by atoms with Crippen molar-refractivity contribution in [2.75, 3.05) is 25.2 Å². The molecule has 1 atom stereocenters. The maximum atomic E-state index is 13.7. The Morgan fingerprint density at radius 1 is 1.10 bits per heavy atom. The molecule has 1 aliphatic heterocycles. The molecule has 0 saturated heterocycles. The molecule has 0 radical (unpaired) electrons. The number of alkyl halides is 3. The van der Waals surface area contributed by atoms with Gasteiger partial charge in [0.2, 0.25) is 0 Å². The van der Waals surface area contributed by atoms with Crippen LogP contribution < -0.4 is 10.2 Å². The lowest BCUT2D eigenvalue weighted by Gasteiger charge is -2.38. The number of ether oxygens (including phenoxy) is 2. The van der Waals surface area contributed by atoms with Crippen molar-refractivity contribution in [1.29, 1.82) is 0 Å². The van der Waals surface area contributed by atoms with Gasteiger partial charge in [0.05, 0.1) is 23.8 Å². The number of para-hydroxylation sites is 1. The molecule has 1 heterocycles. The Hall–Kier alpha value is -2.91. The molecular weight excluding hydrogens is 429 g/mol. The molecule has 0 unspecified atom stereocenters. The molecule has 0 spiro atoms. The van der Waals surface area contributed by atoms with Gasteiger partial charge in [-0.05, 0) is 42.9 Å². The zero-order chi connectivity index (χ0) is 22.6. The van der Waals surface area contributed by atoms with E-state index in [4.69, 9.17) is 21.7 Å². The van der Waals surface area contributed by atoms with Gasteiger partial charge in [-0.1, -0.05) is 36.4 Å². The van der Waals surface area contributed by atoms with Crippen molar-refractivity contribution in [3.05, 3.63) is 77.0 Å². The highest BCUT2D eigenvalue weighted by Crippen LogP contribution is 2.40. The van der Waals surface area contributed by atoms with Gasteiger partial charge in [0, 0.05) is 18.5 Å². The SMILES string of the molecule is COCCOC(=O)C1=C(C)N(c2ccccc2)C(=S)N[C@@H]1c1ccccc1C(F)(F)F. The molecule has 0 amide bonds. The molecule has 2 aromatic rings. The Balaban J connectivity index is 2.14. The van der Waals surface area contributed by atoms with E-state index in [9.17, 15) is 18.0 Å². The molecule has 3 rings (SSSR count). The highest BCUT2D eigenvalue weighted by Gasteiger charge is 2.41. The first-order valence-corrected chi connectivity index (χ1v) is 9.85. The lowest BCUT2D eigenvalue weighted by molar-refractivity contribution is -0.142. The van der Waals surface area contributed by atoms with Crippen LogP contribution in [0, 0.1) is 0 Å². The van der Waals surface area contributed by atoms with Crippen LogP contribution in [0.5, 0.6) is 0 Å². The summed E-state index contributed by atoms with van der Waals surface area (Å²) in [6.07, 6.45) is -4.60. The highest BCUT2D eigenvalue weighted by molar-refractivity contribution is 7.80. The van der Waals surface area contributed by atoms with Crippen molar-refractivity contribution in [2.45, 2.75) is 19.1 Å². The highest BCUT2D eigenvalue weighted by atomic mass is 32.1. The number of hydrogen-bond acceptors (Lipinski definition) is 4. The van der Waals surface area contributed by atoms with Crippen LogP contribution in [0.2, 0.25) is 0 Å². The maximum absolute atomic E-state index is 13.7. The van der Waals surface area contributed by atoms with Crippen LogP contribution in [0.25, 0.3) is 0 Å². The van der Waals surface area contributed by atoms with Crippen LogP contribution in [0.3, 0.4) is 0 Å². The molecule has 0 fully saturated rings. The van der Waals surface area contributed by atoms with Gasteiger partial charge in [0.25, 0.3) is 0 Å². The number of nitrogens with zero attached hydrogens (tertiary/aromatic N) is 1. The summed E-state index contributed by atoms with van der Waals surface area (Å²) in [5, 5.41) is 3.09. The number of rotatable bonds is 6. The maximum Gasteiger partial charge on any atom is 0.416 e. The van der Waals surface area contributed by atoms with Gasteiger partial charge >= 0.3 is 12.1 Å². The minimum absolute atomic E-state index is 0.0322. The predicted octanol–water partition coefficient (Wildman–Crippen LogP) is 4.60. The largest absolute Gasteiger partial charge is 0.460 e. The van der Waals surface area contributed by atoms with Crippen LogP contribution >= 0.6 is 12.2 Å². The lowest BCUT2D eigenvalue weighted by Crippen LogP contribution is -2.48. The van der Waals surface area contributed by atoms with E-state index in [1.54, 1.807) is 36.1 Å².